The third-order valence-corrected chi connectivity index (χ3v) is 2.91. The van der Waals surface area contributed by atoms with Crippen molar-refractivity contribution in [1.82, 2.24) is 5.32 Å². The second-order valence-electron chi connectivity index (χ2n) is 3.16. The van der Waals surface area contributed by atoms with E-state index in [1.165, 1.54) is 11.3 Å². The third kappa shape index (κ3) is 4.27. The van der Waals surface area contributed by atoms with Gasteiger partial charge in [-0.3, -0.25) is 4.79 Å². The predicted molar refractivity (Wildman–Crippen MR) is 61.7 cm³/mol. The van der Waals surface area contributed by atoms with Crippen LogP contribution in [0.3, 0.4) is 0 Å². The van der Waals surface area contributed by atoms with Gasteiger partial charge in [0.1, 0.15) is 6.10 Å². The van der Waals surface area contributed by atoms with Crippen LogP contribution in [0.1, 0.15) is 23.8 Å². The quantitative estimate of drug-likeness (QED) is 0.726. The van der Waals surface area contributed by atoms with E-state index in [9.17, 15) is 9.90 Å². The zero-order valence-electron chi connectivity index (χ0n) is 8.48. The lowest BCUT2D eigenvalue weighted by Crippen LogP contribution is -2.27. The largest absolute Gasteiger partial charge is 0.386 e. The average molecular weight is 225 g/mol. The molecule has 1 rings (SSSR count). The Hall–Kier alpha value is -1.13. The van der Waals surface area contributed by atoms with Crippen molar-refractivity contribution in [1.29, 1.82) is 0 Å². The Bertz CT molecular complexity index is 308. The molecule has 0 spiro atoms. The van der Waals surface area contributed by atoms with Gasteiger partial charge in [0.2, 0.25) is 5.91 Å². The van der Waals surface area contributed by atoms with Gasteiger partial charge < -0.3 is 10.4 Å². The molecule has 0 fully saturated rings. The highest BCUT2D eigenvalue weighted by molar-refractivity contribution is 7.10. The van der Waals surface area contributed by atoms with Gasteiger partial charge in [0.25, 0.3) is 0 Å². The summed E-state index contributed by atoms with van der Waals surface area (Å²) < 4.78 is 0. The molecule has 2 N–H and O–H groups in total. The summed E-state index contributed by atoms with van der Waals surface area (Å²) in [4.78, 5) is 12.1. The minimum atomic E-state index is -0.599. The van der Waals surface area contributed by atoms with E-state index in [4.69, 9.17) is 0 Å². The van der Waals surface area contributed by atoms with Crippen molar-refractivity contribution in [3.05, 3.63) is 35.0 Å². The Morgan fingerprint density at radius 1 is 1.73 bits per heavy atom. The summed E-state index contributed by atoms with van der Waals surface area (Å²) >= 11 is 1.48. The first-order chi connectivity index (χ1) is 7.24. The van der Waals surface area contributed by atoms with Crippen LogP contribution in [0.5, 0.6) is 0 Å². The first-order valence-corrected chi connectivity index (χ1v) is 5.71. The van der Waals surface area contributed by atoms with Gasteiger partial charge in [0, 0.05) is 17.8 Å². The van der Waals surface area contributed by atoms with Crippen LogP contribution in [-0.4, -0.2) is 17.6 Å². The molecule has 3 nitrogen and oxygen atoms in total. The van der Waals surface area contributed by atoms with E-state index in [0.29, 0.717) is 12.8 Å². The third-order valence-electron chi connectivity index (χ3n) is 1.94. The molecule has 0 unspecified atom stereocenters. The van der Waals surface area contributed by atoms with Gasteiger partial charge in [-0.15, -0.1) is 17.9 Å². The summed E-state index contributed by atoms with van der Waals surface area (Å²) in [5.74, 6) is -0.0505. The molecule has 1 atom stereocenters. The number of nitrogens with one attached hydrogen (secondary N) is 1. The zero-order valence-corrected chi connectivity index (χ0v) is 9.30. The lowest BCUT2D eigenvalue weighted by Gasteiger charge is -2.09. The minimum absolute atomic E-state index is 0.0505. The summed E-state index contributed by atoms with van der Waals surface area (Å²) in [6.07, 6.45) is 2.20. The second kappa shape index (κ2) is 6.37. The summed E-state index contributed by atoms with van der Waals surface area (Å²) in [6, 6.07) is 3.73. The van der Waals surface area contributed by atoms with Crippen LogP contribution < -0.4 is 5.32 Å². The number of aliphatic hydroxyl groups excluding tert-OH is 1. The lowest BCUT2D eigenvalue weighted by molar-refractivity contribution is -0.121. The maximum atomic E-state index is 11.2. The van der Waals surface area contributed by atoms with Crippen LogP contribution in [0.15, 0.2) is 30.2 Å². The predicted octanol–water partition coefficient (Wildman–Crippen LogP) is 1.86. The Morgan fingerprint density at radius 2 is 2.53 bits per heavy atom. The smallest absolute Gasteiger partial charge is 0.220 e. The summed E-state index contributed by atoms with van der Waals surface area (Å²) in [6.45, 7) is 3.82. The van der Waals surface area contributed by atoms with Crippen LogP contribution in [0, 0.1) is 0 Å². The summed E-state index contributed by atoms with van der Waals surface area (Å²) in [5, 5.41) is 14.2. The monoisotopic (exact) mass is 225 g/mol. The molecular formula is C11H15NO2S. The van der Waals surface area contributed by atoms with E-state index >= 15 is 0 Å². The molecule has 1 heterocycles. The van der Waals surface area contributed by atoms with E-state index in [2.05, 4.69) is 11.9 Å². The summed E-state index contributed by atoms with van der Waals surface area (Å²) in [7, 11) is 0. The number of allylic oxidation sites excluding steroid dienone is 1. The van der Waals surface area contributed by atoms with Crippen LogP contribution in [0.4, 0.5) is 0 Å². The molecule has 82 valence electrons. The Morgan fingerprint density at radius 3 is 3.13 bits per heavy atom. The first kappa shape index (κ1) is 11.9. The molecule has 1 amide bonds. The van der Waals surface area contributed by atoms with Crippen LogP contribution in [0.25, 0.3) is 0 Å². The number of carbonyl (C=O) groups excluding carboxylic acids is 1. The molecule has 0 saturated heterocycles. The highest BCUT2D eigenvalue weighted by Gasteiger charge is 2.09. The van der Waals surface area contributed by atoms with Crippen molar-refractivity contribution in [3.63, 3.8) is 0 Å². The maximum Gasteiger partial charge on any atom is 0.220 e. The number of hydrogen-bond donors (Lipinski definition) is 2. The second-order valence-corrected chi connectivity index (χ2v) is 4.14. The van der Waals surface area contributed by atoms with Gasteiger partial charge in [0.15, 0.2) is 0 Å². The van der Waals surface area contributed by atoms with Gasteiger partial charge in [-0.05, 0) is 17.9 Å². The summed E-state index contributed by atoms with van der Waals surface area (Å²) in [5.41, 5.74) is 0. The normalized spacial score (nSPS) is 12.1. The molecule has 4 heteroatoms. The number of aliphatic hydroxyl groups is 1. The van der Waals surface area contributed by atoms with E-state index in [1.54, 1.807) is 6.08 Å². The number of carbonyl (C=O) groups is 1. The van der Waals surface area contributed by atoms with Crippen molar-refractivity contribution in [2.75, 3.05) is 6.54 Å². The van der Waals surface area contributed by atoms with Gasteiger partial charge in [0.05, 0.1) is 0 Å². The molecule has 0 aromatic carbocycles. The fraction of sp³-hybridized carbons (Fsp3) is 0.364. The first-order valence-electron chi connectivity index (χ1n) is 4.83. The number of rotatable bonds is 6. The Kier molecular flexibility index (Phi) is 5.07. The van der Waals surface area contributed by atoms with Crippen molar-refractivity contribution >= 4 is 17.2 Å². The molecule has 0 aliphatic heterocycles. The number of thiophene rings is 1. The van der Waals surface area contributed by atoms with Gasteiger partial charge in [-0.2, -0.15) is 0 Å². The van der Waals surface area contributed by atoms with E-state index in [1.807, 2.05) is 17.5 Å². The van der Waals surface area contributed by atoms with Crippen molar-refractivity contribution in [3.8, 4) is 0 Å². The van der Waals surface area contributed by atoms with Crippen molar-refractivity contribution in [2.45, 2.75) is 18.9 Å². The fourth-order valence-corrected chi connectivity index (χ4v) is 1.83. The number of amides is 1. The molecule has 0 aliphatic carbocycles. The molecule has 0 saturated carbocycles. The van der Waals surface area contributed by atoms with E-state index in [0.717, 1.165) is 4.88 Å². The Balaban J connectivity index is 2.25. The standard InChI is InChI=1S/C11H15NO2S/c1-2-3-6-11(14)12-8-9(13)10-5-4-7-15-10/h2,4-5,7,9,13H,1,3,6,8H2,(H,12,14)/t9-/m1/s1. The molecule has 0 aliphatic rings. The topological polar surface area (TPSA) is 49.3 Å². The number of hydrogen-bond acceptors (Lipinski definition) is 3. The van der Waals surface area contributed by atoms with Crippen molar-refractivity contribution in [2.24, 2.45) is 0 Å². The van der Waals surface area contributed by atoms with E-state index < -0.39 is 6.10 Å². The molecule has 15 heavy (non-hydrogen) atoms. The maximum absolute atomic E-state index is 11.2. The lowest BCUT2D eigenvalue weighted by atomic mass is 10.2. The highest BCUT2D eigenvalue weighted by atomic mass is 32.1. The van der Waals surface area contributed by atoms with Crippen LogP contribution in [0.2, 0.25) is 0 Å². The van der Waals surface area contributed by atoms with Gasteiger partial charge >= 0.3 is 0 Å². The van der Waals surface area contributed by atoms with Gasteiger partial charge in [-0.1, -0.05) is 12.1 Å². The van der Waals surface area contributed by atoms with Crippen LogP contribution >= 0.6 is 11.3 Å². The average Bonchev–Trinajstić information content (AvgIpc) is 2.76. The van der Waals surface area contributed by atoms with Crippen molar-refractivity contribution < 1.29 is 9.90 Å². The molecule has 1 aromatic rings. The molecule has 0 radical (unpaired) electrons. The fourth-order valence-electron chi connectivity index (χ4n) is 1.11. The molecular weight excluding hydrogens is 210 g/mol. The Labute approximate surface area is 93.4 Å². The highest BCUT2D eigenvalue weighted by Crippen LogP contribution is 2.17. The van der Waals surface area contributed by atoms with E-state index in [-0.39, 0.29) is 12.5 Å². The van der Waals surface area contributed by atoms with Gasteiger partial charge in [-0.25, -0.2) is 0 Å². The SMILES string of the molecule is C=CCCC(=O)NC[C@@H](O)c1cccs1. The molecule has 0 bridgehead atoms. The van der Waals surface area contributed by atoms with Crippen LogP contribution in [-0.2, 0) is 4.79 Å². The zero-order chi connectivity index (χ0) is 11.1. The molecule has 1 aromatic heterocycles. The minimum Gasteiger partial charge on any atom is -0.386 e.